The van der Waals surface area contributed by atoms with Gasteiger partial charge in [-0.1, -0.05) is 91.0 Å². The molecule has 0 radical (unpaired) electrons. The molecular formula is C21H20. The first-order valence-corrected chi connectivity index (χ1v) is 7.57. The summed E-state index contributed by atoms with van der Waals surface area (Å²) in [7, 11) is 0. The average Bonchev–Trinajstić information content (AvgIpc) is 2.58. The molecule has 0 bridgehead atoms. The number of benzene rings is 3. The summed E-state index contributed by atoms with van der Waals surface area (Å²) in [6, 6.07) is 32.4. The van der Waals surface area contributed by atoms with E-state index in [1.807, 2.05) is 0 Å². The lowest BCUT2D eigenvalue weighted by Gasteiger charge is -2.18. The highest BCUT2D eigenvalue weighted by molar-refractivity contribution is 5.32. The van der Waals surface area contributed by atoms with Crippen LogP contribution in [0.25, 0.3) is 0 Å². The minimum Gasteiger partial charge on any atom is -0.0622 e. The van der Waals surface area contributed by atoms with Gasteiger partial charge in [-0.15, -0.1) is 0 Å². The van der Waals surface area contributed by atoms with Crippen LogP contribution in [0.4, 0.5) is 0 Å². The van der Waals surface area contributed by atoms with E-state index in [1.165, 1.54) is 16.7 Å². The molecule has 0 fully saturated rings. The zero-order valence-electron chi connectivity index (χ0n) is 12.2. The molecule has 3 rings (SSSR count). The van der Waals surface area contributed by atoms with Crippen LogP contribution in [-0.2, 0) is 6.42 Å². The van der Waals surface area contributed by atoms with E-state index in [4.69, 9.17) is 0 Å². The van der Waals surface area contributed by atoms with Gasteiger partial charge in [0, 0.05) is 5.92 Å². The van der Waals surface area contributed by atoms with Crippen molar-refractivity contribution in [1.82, 2.24) is 0 Å². The van der Waals surface area contributed by atoms with Crippen LogP contribution in [0.1, 0.15) is 29.0 Å². The van der Waals surface area contributed by atoms with E-state index in [-0.39, 0.29) is 0 Å². The molecule has 21 heavy (non-hydrogen) atoms. The molecule has 104 valence electrons. The van der Waals surface area contributed by atoms with Crippen molar-refractivity contribution >= 4 is 0 Å². The van der Waals surface area contributed by atoms with E-state index in [9.17, 15) is 0 Å². The zero-order valence-corrected chi connectivity index (χ0v) is 12.2. The van der Waals surface area contributed by atoms with Crippen LogP contribution in [0.5, 0.6) is 0 Å². The standard InChI is InChI=1S/C21H20/c1-4-10-18(11-5-1)16-17-21(19-12-6-2-7-13-19)20-14-8-3-9-15-20/h1-15,21H,16-17H2. The van der Waals surface area contributed by atoms with Crippen LogP contribution < -0.4 is 0 Å². The Labute approximate surface area is 127 Å². The largest absolute Gasteiger partial charge is 0.0622 e. The normalized spacial score (nSPS) is 10.7. The fraction of sp³-hybridized carbons (Fsp3) is 0.143. The molecule has 0 nitrogen and oxygen atoms in total. The van der Waals surface area contributed by atoms with Gasteiger partial charge in [-0.2, -0.15) is 0 Å². The Morgan fingerprint density at radius 1 is 0.524 bits per heavy atom. The average molecular weight is 272 g/mol. The Hall–Kier alpha value is -2.34. The third kappa shape index (κ3) is 3.61. The van der Waals surface area contributed by atoms with Crippen LogP contribution in [0.3, 0.4) is 0 Å². The highest BCUT2D eigenvalue weighted by atomic mass is 14.2. The maximum atomic E-state index is 2.24. The summed E-state index contributed by atoms with van der Waals surface area (Å²) in [5, 5.41) is 0. The maximum absolute atomic E-state index is 2.24. The van der Waals surface area contributed by atoms with Crippen molar-refractivity contribution < 1.29 is 0 Å². The summed E-state index contributed by atoms with van der Waals surface area (Å²) in [6.45, 7) is 0. The number of hydrogen-bond donors (Lipinski definition) is 0. The second-order valence-corrected chi connectivity index (χ2v) is 5.40. The topological polar surface area (TPSA) is 0 Å². The molecule has 3 aromatic carbocycles. The second kappa shape index (κ2) is 6.90. The van der Waals surface area contributed by atoms with E-state index >= 15 is 0 Å². The lowest BCUT2D eigenvalue weighted by molar-refractivity contribution is 0.715. The summed E-state index contributed by atoms with van der Waals surface area (Å²) < 4.78 is 0. The van der Waals surface area contributed by atoms with Crippen molar-refractivity contribution in [2.24, 2.45) is 0 Å². The molecule has 0 heteroatoms. The van der Waals surface area contributed by atoms with Crippen molar-refractivity contribution in [2.75, 3.05) is 0 Å². The Morgan fingerprint density at radius 3 is 1.43 bits per heavy atom. The summed E-state index contributed by atoms with van der Waals surface area (Å²) in [4.78, 5) is 0. The van der Waals surface area contributed by atoms with E-state index in [1.54, 1.807) is 0 Å². The van der Waals surface area contributed by atoms with Gasteiger partial charge in [0.05, 0.1) is 0 Å². The molecule has 0 spiro atoms. The Morgan fingerprint density at radius 2 is 0.952 bits per heavy atom. The molecule has 0 heterocycles. The van der Waals surface area contributed by atoms with Crippen LogP contribution in [0, 0.1) is 0 Å². The van der Waals surface area contributed by atoms with E-state index in [0.717, 1.165) is 12.8 Å². The molecule has 0 unspecified atom stereocenters. The fourth-order valence-electron chi connectivity index (χ4n) is 2.85. The quantitative estimate of drug-likeness (QED) is 0.579. The lowest BCUT2D eigenvalue weighted by atomic mass is 9.86. The van der Waals surface area contributed by atoms with Gasteiger partial charge in [0.25, 0.3) is 0 Å². The minimum atomic E-state index is 0.465. The molecule has 0 aliphatic carbocycles. The molecule has 0 saturated carbocycles. The van der Waals surface area contributed by atoms with Crippen LogP contribution in [0.15, 0.2) is 91.0 Å². The van der Waals surface area contributed by atoms with Gasteiger partial charge in [0.15, 0.2) is 0 Å². The first-order chi connectivity index (χ1) is 10.4. The Bertz CT molecular complexity index is 602. The Kier molecular flexibility index (Phi) is 4.48. The first kappa shape index (κ1) is 13.6. The summed E-state index contributed by atoms with van der Waals surface area (Å²) in [6.07, 6.45) is 2.24. The molecule has 0 aliphatic rings. The molecule has 0 atom stereocenters. The maximum Gasteiger partial charge on any atom is 0.00925 e. The van der Waals surface area contributed by atoms with Crippen LogP contribution in [-0.4, -0.2) is 0 Å². The van der Waals surface area contributed by atoms with E-state index < -0.39 is 0 Å². The number of rotatable bonds is 5. The SMILES string of the molecule is c1ccc(CCC(c2ccccc2)c2ccccc2)cc1. The molecule has 0 aliphatic heterocycles. The minimum absolute atomic E-state index is 0.465. The number of hydrogen-bond acceptors (Lipinski definition) is 0. The predicted octanol–water partition coefficient (Wildman–Crippen LogP) is 5.45. The molecule has 0 amide bonds. The van der Waals surface area contributed by atoms with Gasteiger partial charge in [-0.25, -0.2) is 0 Å². The van der Waals surface area contributed by atoms with E-state index in [0.29, 0.717) is 5.92 Å². The fourth-order valence-corrected chi connectivity index (χ4v) is 2.85. The van der Waals surface area contributed by atoms with Gasteiger partial charge in [0.2, 0.25) is 0 Å². The van der Waals surface area contributed by atoms with Crippen molar-refractivity contribution in [2.45, 2.75) is 18.8 Å². The lowest BCUT2D eigenvalue weighted by Crippen LogP contribution is -2.03. The van der Waals surface area contributed by atoms with Gasteiger partial charge < -0.3 is 0 Å². The van der Waals surface area contributed by atoms with Crippen LogP contribution in [0.2, 0.25) is 0 Å². The monoisotopic (exact) mass is 272 g/mol. The smallest absolute Gasteiger partial charge is 0.00925 e. The van der Waals surface area contributed by atoms with Crippen LogP contribution >= 0.6 is 0 Å². The molecular weight excluding hydrogens is 252 g/mol. The highest BCUT2D eigenvalue weighted by Gasteiger charge is 2.13. The van der Waals surface area contributed by atoms with Gasteiger partial charge >= 0.3 is 0 Å². The Balaban J connectivity index is 1.83. The molecule has 0 aromatic heterocycles. The predicted molar refractivity (Wildman–Crippen MR) is 89.5 cm³/mol. The number of aryl methyl sites for hydroxylation is 1. The van der Waals surface area contributed by atoms with Gasteiger partial charge in [-0.05, 0) is 29.5 Å². The zero-order chi connectivity index (χ0) is 14.3. The van der Waals surface area contributed by atoms with Crippen molar-refractivity contribution in [3.8, 4) is 0 Å². The molecule has 0 saturated heterocycles. The molecule has 3 aromatic rings. The third-order valence-electron chi connectivity index (χ3n) is 3.97. The third-order valence-corrected chi connectivity index (χ3v) is 3.97. The summed E-state index contributed by atoms with van der Waals surface area (Å²) in [5.41, 5.74) is 4.22. The van der Waals surface area contributed by atoms with Crippen molar-refractivity contribution in [3.63, 3.8) is 0 Å². The summed E-state index contributed by atoms with van der Waals surface area (Å²) >= 11 is 0. The highest BCUT2D eigenvalue weighted by Crippen LogP contribution is 2.29. The van der Waals surface area contributed by atoms with Crippen molar-refractivity contribution in [1.29, 1.82) is 0 Å². The van der Waals surface area contributed by atoms with Crippen molar-refractivity contribution in [3.05, 3.63) is 108 Å². The second-order valence-electron chi connectivity index (χ2n) is 5.40. The first-order valence-electron chi connectivity index (χ1n) is 7.57. The van der Waals surface area contributed by atoms with E-state index in [2.05, 4.69) is 91.0 Å². The van der Waals surface area contributed by atoms with Gasteiger partial charge in [0.1, 0.15) is 0 Å². The molecule has 0 N–H and O–H groups in total. The summed E-state index contributed by atoms with van der Waals surface area (Å²) in [5.74, 6) is 0.465. The van der Waals surface area contributed by atoms with Gasteiger partial charge in [-0.3, -0.25) is 0 Å².